The van der Waals surface area contributed by atoms with Crippen LogP contribution < -0.4 is 4.74 Å². The largest absolute Gasteiger partial charge is 0.486 e. The van der Waals surface area contributed by atoms with Crippen molar-refractivity contribution in [3.05, 3.63) is 46.8 Å². The summed E-state index contributed by atoms with van der Waals surface area (Å²) < 4.78 is 13.3. The monoisotopic (exact) mass is 346 g/mol. The van der Waals surface area contributed by atoms with Crippen LogP contribution in [0, 0.1) is 0 Å². The lowest BCUT2D eigenvalue weighted by Gasteiger charge is -2.16. The van der Waals surface area contributed by atoms with E-state index in [-0.39, 0.29) is 6.10 Å². The SMILES string of the molecule is C=C(/C(C)=C(\C)CC)c1cc(OC2CCOC2)c2c(Cl)cnn2c1. The van der Waals surface area contributed by atoms with Crippen LogP contribution in [-0.2, 0) is 4.74 Å². The summed E-state index contributed by atoms with van der Waals surface area (Å²) in [5.74, 6) is 0.730. The van der Waals surface area contributed by atoms with E-state index < -0.39 is 0 Å². The molecule has 0 N–H and O–H groups in total. The van der Waals surface area contributed by atoms with E-state index in [9.17, 15) is 0 Å². The van der Waals surface area contributed by atoms with Gasteiger partial charge in [-0.15, -0.1) is 0 Å². The molecule has 0 amide bonds. The molecule has 128 valence electrons. The highest BCUT2D eigenvalue weighted by atomic mass is 35.5. The molecular weight excluding hydrogens is 324 g/mol. The Morgan fingerprint density at radius 3 is 2.96 bits per heavy atom. The van der Waals surface area contributed by atoms with E-state index in [0.29, 0.717) is 11.6 Å². The first-order chi connectivity index (χ1) is 11.5. The highest BCUT2D eigenvalue weighted by Gasteiger charge is 2.21. The first-order valence-electron chi connectivity index (χ1n) is 8.28. The lowest BCUT2D eigenvalue weighted by Crippen LogP contribution is -2.16. The minimum absolute atomic E-state index is 0.0531. The van der Waals surface area contributed by atoms with Crippen molar-refractivity contribution in [1.82, 2.24) is 9.61 Å². The highest BCUT2D eigenvalue weighted by molar-refractivity contribution is 6.34. The fourth-order valence-electron chi connectivity index (χ4n) is 2.83. The maximum atomic E-state index is 6.30. The van der Waals surface area contributed by atoms with E-state index in [1.165, 1.54) is 11.1 Å². The van der Waals surface area contributed by atoms with Crippen LogP contribution in [0.15, 0.2) is 36.2 Å². The number of aromatic nitrogens is 2. The normalized spacial score (nSPS) is 18.8. The molecule has 2 aromatic heterocycles. The summed E-state index contributed by atoms with van der Waals surface area (Å²) in [5, 5.41) is 4.92. The van der Waals surface area contributed by atoms with Gasteiger partial charge in [-0.25, -0.2) is 4.52 Å². The van der Waals surface area contributed by atoms with Crippen LogP contribution in [0.5, 0.6) is 5.75 Å². The van der Waals surface area contributed by atoms with Crippen LogP contribution in [0.2, 0.25) is 5.02 Å². The number of allylic oxidation sites excluding steroid dienone is 3. The third-order valence-electron chi connectivity index (χ3n) is 4.69. The molecule has 4 nitrogen and oxygen atoms in total. The number of hydrogen-bond donors (Lipinski definition) is 0. The molecule has 0 aliphatic carbocycles. The predicted molar refractivity (Wildman–Crippen MR) is 97.8 cm³/mol. The van der Waals surface area contributed by atoms with E-state index >= 15 is 0 Å². The molecule has 1 fully saturated rings. The molecule has 1 unspecified atom stereocenters. The second-order valence-electron chi connectivity index (χ2n) is 6.22. The van der Waals surface area contributed by atoms with Gasteiger partial charge in [0.25, 0.3) is 0 Å². The molecule has 3 rings (SSSR count). The molecule has 1 aliphatic heterocycles. The van der Waals surface area contributed by atoms with Gasteiger partial charge in [0.2, 0.25) is 0 Å². The molecule has 0 spiro atoms. The van der Waals surface area contributed by atoms with Crippen molar-refractivity contribution in [2.75, 3.05) is 13.2 Å². The molecule has 0 saturated carbocycles. The van der Waals surface area contributed by atoms with E-state index in [0.717, 1.165) is 41.9 Å². The molecule has 1 atom stereocenters. The molecule has 24 heavy (non-hydrogen) atoms. The van der Waals surface area contributed by atoms with Crippen molar-refractivity contribution in [1.29, 1.82) is 0 Å². The third-order valence-corrected chi connectivity index (χ3v) is 4.96. The van der Waals surface area contributed by atoms with Gasteiger partial charge < -0.3 is 9.47 Å². The molecule has 2 aromatic rings. The van der Waals surface area contributed by atoms with Crippen molar-refractivity contribution in [2.45, 2.75) is 39.7 Å². The number of halogens is 1. The number of hydrogen-bond acceptors (Lipinski definition) is 3. The van der Waals surface area contributed by atoms with E-state index in [4.69, 9.17) is 21.1 Å². The number of nitrogens with zero attached hydrogens (tertiary/aromatic N) is 2. The van der Waals surface area contributed by atoms with E-state index in [1.54, 1.807) is 10.7 Å². The van der Waals surface area contributed by atoms with Crippen LogP contribution >= 0.6 is 11.6 Å². The number of rotatable bonds is 5. The summed E-state index contributed by atoms with van der Waals surface area (Å²) in [7, 11) is 0. The Morgan fingerprint density at radius 1 is 1.50 bits per heavy atom. The zero-order valence-electron chi connectivity index (χ0n) is 14.4. The van der Waals surface area contributed by atoms with E-state index in [1.807, 2.05) is 12.3 Å². The lowest BCUT2D eigenvalue weighted by molar-refractivity contribution is 0.142. The maximum absolute atomic E-state index is 6.30. The Morgan fingerprint density at radius 2 is 2.29 bits per heavy atom. The molecule has 5 heteroatoms. The van der Waals surface area contributed by atoms with Gasteiger partial charge in [-0.3, -0.25) is 0 Å². The van der Waals surface area contributed by atoms with Gasteiger partial charge in [-0.05, 0) is 37.5 Å². The van der Waals surface area contributed by atoms with Gasteiger partial charge in [0.05, 0.1) is 24.4 Å². The smallest absolute Gasteiger partial charge is 0.147 e. The Labute approximate surface area is 147 Å². The second kappa shape index (κ2) is 6.99. The maximum Gasteiger partial charge on any atom is 0.147 e. The molecule has 0 bridgehead atoms. The molecule has 0 radical (unpaired) electrons. The summed E-state index contributed by atoms with van der Waals surface area (Å²) in [6, 6.07) is 2.01. The van der Waals surface area contributed by atoms with Crippen LogP contribution in [0.1, 0.15) is 39.2 Å². The zero-order valence-corrected chi connectivity index (χ0v) is 15.2. The van der Waals surface area contributed by atoms with Gasteiger partial charge in [0.15, 0.2) is 0 Å². The van der Waals surface area contributed by atoms with Gasteiger partial charge in [0, 0.05) is 18.2 Å². The first-order valence-corrected chi connectivity index (χ1v) is 8.66. The number of ether oxygens (including phenoxy) is 2. The summed E-state index contributed by atoms with van der Waals surface area (Å²) >= 11 is 6.30. The summed E-state index contributed by atoms with van der Waals surface area (Å²) in [6.07, 6.45) is 5.54. The topological polar surface area (TPSA) is 35.8 Å². The van der Waals surface area contributed by atoms with Gasteiger partial charge >= 0.3 is 0 Å². The molecule has 1 aliphatic rings. The Hall–Kier alpha value is -1.78. The molecule has 0 aromatic carbocycles. The van der Waals surface area contributed by atoms with Gasteiger partial charge in [-0.1, -0.05) is 30.7 Å². The first kappa shape index (κ1) is 17.1. The summed E-state index contributed by atoms with van der Waals surface area (Å²) in [5.41, 5.74) is 5.28. The van der Waals surface area contributed by atoms with E-state index in [2.05, 4.69) is 32.4 Å². The van der Waals surface area contributed by atoms with Crippen molar-refractivity contribution >= 4 is 22.7 Å². The third kappa shape index (κ3) is 3.21. The standard InChI is InChI=1S/C19H23ClN2O2/c1-5-12(2)13(3)14(4)15-8-18(24-16-6-7-23-11-16)19-17(20)9-21-22(19)10-15/h8-10,16H,4-7,11H2,1-3H3/b13-12+. The zero-order chi connectivity index (χ0) is 17.3. The van der Waals surface area contributed by atoms with Crippen molar-refractivity contribution < 1.29 is 9.47 Å². The Balaban J connectivity index is 2.05. The van der Waals surface area contributed by atoms with Crippen molar-refractivity contribution in [2.24, 2.45) is 0 Å². The highest BCUT2D eigenvalue weighted by Crippen LogP contribution is 2.34. The average molecular weight is 347 g/mol. The Bertz CT molecular complexity index is 801. The average Bonchev–Trinajstić information content (AvgIpc) is 3.22. The minimum Gasteiger partial charge on any atom is -0.486 e. The minimum atomic E-state index is 0.0531. The summed E-state index contributed by atoms with van der Waals surface area (Å²) in [6.45, 7) is 12.0. The molecule has 1 saturated heterocycles. The predicted octanol–water partition coefficient (Wildman–Crippen LogP) is 4.92. The molecular formula is C19H23ClN2O2. The van der Waals surface area contributed by atoms with Crippen LogP contribution in [0.25, 0.3) is 11.1 Å². The fraction of sp³-hybridized carbons (Fsp3) is 0.421. The van der Waals surface area contributed by atoms with Crippen molar-refractivity contribution in [3.63, 3.8) is 0 Å². The van der Waals surface area contributed by atoms with Crippen LogP contribution in [-0.4, -0.2) is 28.9 Å². The lowest BCUT2D eigenvalue weighted by atomic mass is 9.97. The van der Waals surface area contributed by atoms with Gasteiger partial charge in [0.1, 0.15) is 17.4 Å². The number of fused-ring (bicyclic) bond motifs is 1. The molecule has 3 heterocycles. The van der Waals surface area contributed by atoms with Crippen molar-refractivity contribution in [3.8, 4) is 5.75 Å². The van der Waals surface area contributed by atoms with Crippen LogP contribution in [0.3, 0.4) is 0 Å². The van der Waals surface area contributed by atoms with Crippen LogP contribution in [0.4, 0.5) is 0 Å². The summed E-state index contributed by atoms with van der Waals surface area (Å²) in [4.78, 5) is 0. The number of pyridine rings is 1. The fourth-order valence-corrected chi connectivity index (χ4v) is 3.05. The Kier molecular flexibility index (Phi) is 4.97. The second-order valence-corrected chi connectivity index (χ2v) is 6.63. The quantitative estimate of drug-likeness (QED) is 0.721. The van der Waals surface area contributed by atoms with Gasteiger partial charge in [-0.2, -0.15) is 5.10 Å².